The number of aliphatic hydroxyl groups excluding tert-OH is 1. The van der Waals surface area contributed by atoms with E-state index >= 15 is 4.39 Å². The lowest BCUT2D eigenvalue weighted by Gasteiger charge is -2.33. The lowest BCUT2D eigenvalue weighted by Crippen LogP contribution is -2.48. The standard InChI is InChI=1S/C17H20BrF2N3O3S/c1-2-5-27(25,26)23-13-4-3-12(19)14(15(13)20)16(24)11-8-22-17-10(11)6-9(18)7-21-17/h3,6-8,13-16,23-24H,2,4-5H2,1H3,(H,21,22). The van der Waals surface area contributed by atoms with Crippen LogP contribution in [0.1, 0.15) is 31.4 Å². The summed E-state index contributed by atoms with van der Waals surface area (Å²) < 4.78 is 56.4. The van der Waals surface area contributed by atoms with Gasteiger partial charge in [0.15, 0.2) is 0 Å². The molecule has 2 aromatic heterocycles. The molecule has 0 saturated heterocycles. The molecule has 1 aliphatic carbocycles. The van der Waals surface area contributed by atoms with Gasteiger partial charge in [-0.25, -0.2) is 26.9 Å². The van der Waals surface area contributed by atoms with Crippen molar-refractivity contribution in [3.8, 4) is 0 Å². The average molecular weight is 464 g/mol. The van der Waals surface area contributed by atoms with Crippen molar-refractivity contribution in [1.82, 2.24) is 14.7 Å². The van der Waals surface area contributed by atoms with E-state index < -0.39 is 40.1 Å². The van der Waals surface area contributed by atoms with Gasteiger partial charge in [0.05, 0.1) is 23.8 Å². The normalized spacial score (nSPS) is 24.8. The van der Waals surface area contributed by atoms with E-state index in [0.717, 1.165) is 6.08 Å². The highest BCUT2D eigenvalue weighted by Crippen LogP contribution is 2.40. The molecule has 6 nitrogen and oxygen atoms in total. The van der Waals surface area contributed by atoms with Crippen molar-refractivity contribution in [2.75, 3.05) is 5.75 Å². The number of hydrogen-bond donors (Lipinski definition) is 3. The van der Waals surface area contributed by atoms with Gasteiger partial charge in [0.2, 0.25) is 10.0 Å². The molecule has 2 aromatic rings. The third kappa shape index (κ3) is 4.23. The van der Waals surface area contributed by atoms with E-state index in [4.69, 9.17) is 0 Å². The predicted molar refractivity (Wildman–Crippen MR) is 102 cm³/mol. The monoisotopic (exact) mass is 463 g/mol. The molecule has 3 N–H and O–H groups in total. The molecule has 0 aromatic carbocycles. The first-order valence-corrected chi connectivity index (χ1v) is 11.0. The zero-order valence-electron chi connectivity index (χ0n) is 14.5. The quantitative estimate of drug-likeness (QED) is 0.612. The summed E-state index contributed by atoms with van der Waals surface area (Å²) >= 11 is 3.28. The Kier molecular flexibility index (Phi) is 5.99. The Morgan fingerprint density at radius 1 is 1.52 bits per heavy atom. The Morgan fingerprint density at radius 2 is 2.26 bits per heavy atom. The maximum Gasteiger partial charge on any atom is 0.211 e. The van der Waals surface area contributed by atoms with E-state index in [-0.39, 0.29) is 12.2 Å². The molecule has 0 bridgehead atoms. The van der Waals surface area contributed by atoms with E-state index in [1.807, 2.05) is 0 Å². The van der Waals surface area contributed by atoms with Crippen LogP contribution in [0.5, 0.6) is 0 Å². The smallest absolute Gasteiger partial charge is 0.211 e. The van der Waals surface area contributed by atoms with Crippen LogP contribution in [0.25, 0.3) is 11.0 Å². The van der Waals surface area contributed by atoms with Crippen LogP contribution in [0, 0.1) is 5.92 Å². The van der Waals surface area contributed by atoms with Gasteiger partial charge in [-0.15, -0.1) is 0 Å². The molecule has 0 spiro atoms. The van der Waals surface area contributed by atoms with Crippen molar-refractivity contribution < 1.29 is 22.3 Å². The van der Waals surface area contributed by atoms with Crippen LogP contribution in [-0.2, 0) is 10.0 Å². The highest BCUT2D eigenvalue weighted by atomic mass is 79.9. The van der Waals surface area contributed by atoms with E-state index in [2.05, 4.69) is 30.6 Å². The molecule has 148 valence electrons. The summed E-state index contributed by atoms with van der Waals surface area (Å²) in [5, 5.41) is 11.3. The molecule has 0 saturated carbocycles. The highest BCUT2D eigenvalue weighted by molar-refractivity contribution is 9.10. The van der Waals surface area contributed by atoms with Crippen LogP contribution in [0.2, 0.25) is 0 Å². The minimum atomic E-state index is -3.67. The zero-order valence-corrected chi connectivity index (χ0v) is 16.9. The van der Waals surface area contributed by atoms with Crippen LogP contribution >= 0.6 is 15.9 Å². The minimum absolute atomic E-state index is 0.111. The molecule has 0 aliphatic heterocycles. The molecule has 4 atom stereocenters. The number of halogens is 3. The molecule has 10 heteroatoms. The SMILES string of the molecule is CCCS(=O)(=O)NC1CC=C(F)C(C(O)c2c[nH]c3ncc(Br)cc23)C1F. The lowest BCUT2D eigenvalue weighted by atomic mass is 9.82. The van der Waals surface area contributed by atoms with Gasteiger partial charge in [-0.3, -0.25) is 0 Å². The fourth-order valence-electron chi connectivity index (χ4n) is 3.34. The Hall–Kier alpha value is -1.36. The molecule has 1 aliphatic rings. The van der Waals surface area contributed by atoms with E-state index in [9.17, 15) is 17.9 Å². The number of aromatic nitrogens is 2. The van der Waals surface area contributed by atoms with Crippen LogP contribution < -0.4 is 4.72 Å². The third-order valence-electron chi connectivity index (χ3n) is 4.60. The number of aliphatic hydroxyl groups is 1. The first-order valence-electron chi connectivity index (χ1n) is 8.53. The first-order chi connectivity index (χ1) is 12.7. The number of sulfonamides is 1. The largest absolute Gasteiger partial charge is 0.387 e. The zero-order chi connectivity index (χ0) is 19.8. The Balaban J connectivity index is 1.90. The fourth-order valence-corrected chi connectivity index (χ4v) is 5.01. The number of nitrogens with zero attached hydrogens (tertiary/aromatic N) is 1. The number of H-pyrrole nitrogens is 1. The summed E-state index contributed by atoms with van der Waals surface area (Å²) in [4.78, 5) is 7.01. The predicted octanol–water partition coefficient (Wildman–Crippen LogP) is 3.27. The van der Waals surface area contributed by atoms with E-state index in [1.54, 1.807) is 19.2 Å². The Morgan fingerprint density at radius 3 is 2.96 bits per heavy atom. The molecule has 2 heterocycles. The van der Waals surface area contributed by atoms with Gasteiger partial charge in [-0.2, -0.15) is 0 Å². The van der Waals surface area contributed by atoms with Crippen molar-refractivity contribution in [2.45, 2.75) is 38.1 Å². The lowest BCUT2D eigenvalue weighted by molar-refractivity contribution is 0.0437. The number of alkyl halides is 1. The van der Waals surface area contributed by atoms with Crippen LogP contribution in [0.3, 0.4) is 0 Å². The van der Waals surface area contributed by atoms with Gasteiger partial charge in [-0.05, 0) is 34.8 Å². The summed E-state index contributed by atoms with van der Waals surface area (Å²) in [6.45, 7) is 1.70. The summed E-state index contributed by atoms with van der Waals surface area (Å²) in [5.74, 6) is -2.44. The fraction of sp³-hybridized carbons (Fsp3) is 0.471. The summed E-state index contributed by atoms with van der Waals surface area (Å²) in [5.41, 5.74) is 0.773. The molecule has 0 amide bonds. The number of nitrogens with one attached hydrogen (secondary N) is 2. The van der Waals surface area contributed by atoms with Crippen molar-refractivity contribution >= 4 is 37.0 Å². The van der Waals surface area contributed by atoms with Gasteiger partial charge < -0.3 is 10.1 Å². The van der Waals surface area contributed by atoms with E-state index in [0.29, 0.717) is 27.5 Å². The number of aromatic amines is 1. The molecule has 0 radical (unpaired) electrons. The third-order valence-corrected chi connectivity index (χ3v) is 6.65. The topological polar surface area (TPSA) is 95.1 Å². The first kappa shape index (κ1) is 20.4. The molecular weight excluding hydrogens is 444 g/mol. The van der Waals surface area contributed by atoms with Gasteiger partial charge in [0.1, 0.15) is 17.6 Å². The van der Waals surface area contributed by atoms with Crippen LogP contribution in [0.15, 0.2) is 34.8 Å². The van der Waals surface area contributed by atoms with Crippen molar-refractivity contribution in [1.29, 1.82) is 0 Å². The number of fused-ring (bicyclic) bond motifs is 1. The molecule has 0 fully saturated rings. The second kappa shape index (κ2) is 7.94. The molecule has 27 heavy (non-hydrogen) atoms. The van der Waals surface area contributed by atoms with Crippen LogP contribution in [0.4, 0.5) is 8.78 Å². The van der Waals surface area contributed by atoms with Crippen LogP contribution in [-0.4, -0.2) is 41.5 Å². The van der Waals surface area contributed by atoms with Gasteiger partial charge in [0, 0.05) is 27.8 Å². The Labute approximate surface area is 164 Å². The number of rotatable bonds is 6. The van der Waals surface area contributed by atoms with Crippen molar-refractivity contribution in [2.24, 2.45) is 5.92 Å². The van der Waals surface area contributed by atoms with E-state index in [1.165, 1.54) is 6.20 Å². The van der Waals surface area contributed by atoms with Gasteiger partial charge in [0.25, 0.3) is 0 Å². The maximum atomic E-state index is 15.1. The summed E-state index contributed by atoms with van der Waals surface area (Å²) in [7, 11) is -3.67. The highest BCUT2D eigenvalue weighted by Gasteiger charge is 2.42. The second-order valence-electron chi connectivity index (χ2n) is 6.58. The van der Waals surface area contributed by atoms with Gasteiger partial charge >= 0.3 is 0 Å². The minimum Gasteiger partial charge on any atom is -0.387 e. The maximum absolute atomic E-state index is 15.1. The summed E-state index contributed by atoms with van der Waals surface area (Å²) in [6.07, 6.45) is 1.01. The second-order valence-corrected chi connectivity index (χ2v) is 9.37. The average Bonchev–Trinajstić information content (AvgIpc) is 3.00. The van der Waals surface area contributed by atoms with Gasteiger partial charge in [-0.1, -0.05) is 13.0 Å². The number of pyridine rings is 1. The molecular formula is C17H20BrF2N3O3S. The Bertz CT molecular complexity index is 963. The molecule has 4 unspecified atom stereocenters. The van der Waals surface area contributed by atoms with Crippen molar-refractivity contribution in [3.05, 3.63) is 40.4 Å². The molecule has 3 rings (SSSR count). The summed E-state index contributed by atoms with van der Waals surface area (Å²) in [6, 6.07) is 0.562. The number of hydrogen-bond acceptors (Lipinski definition) is 4. The van der Waals surface area contributed by atoms with Crippen molar-refractivity contribution in [3.63, 3.8) is 0 Å².